The van der Waals surface area contributed by atoms with Gasteiger partial charge in [0.25, 0.3) is 0 Å². The topological polar surface area (TPSA) is 64.5 Å². The first-order valence-electron chi connectivity index (χ1n) is 34.1. The Morgan fingerprint density at radius 2 is 0.390 bits per heavy atom. The third-order valence-electron chi connectivity index (χ3n) is 20.4. The van der Waals surface area contributed by atoms with Crippen LogP contribution in [0.3, 0.4) is 0 Å². The standard InChI is InChI=1S/C95H57N5/c1-3-17-60(18-4-1)86-57-87(61-41-37-58(38-42-61)70-49-51-78-82-35-15-23-64-45-43-62-21-13-33-80(88(62)90(64)82)74-29-7-9-31-76(74)84(78)55-70)97-94(96-86)72-27-11-25-68(53-72)69-26-12-28-73(54-69)95-99-92(66-19-5-2-6-20-66)98-93(100-95)67-47-39-59(40-48-67)71-50-52-79-83-36-16-24-65-46-44-63-22-14-34-81(89(63)91(65)83)75-30-8-10-32-77(75)85(79)56-71/h1-57H. The van der Waals surface area contributed by atoms with Crippen molar-refractivity contribution in [2.24, 2.45) is 0 Å². The minimum Gasteiger partial charge on any atom is -0.228 e. The van der Waals surface area contributed by atoms with Crippen molar-refractivity contribution in [3.8, 4) is 101 Å². The average Bonchev–Trinajstić information content (AvgIpc) is 0.731. The summed E-state index contributed by atoms with van der Waals surface area (Å²) < 4.78 is 0. The van der Waals surface area contributed by atoms with E-state index in [2.05, 4.69) is 322 Å². The molecule has 20 aromatic rings. The number of nitrogens with zero attached hydrogens (tertiary/aromatic N) is 5. The summed E-state index contributed by atoms with van der Waals surface area (Å²) in [5.41, 5.74) is 13.8. The van der Waals surface area contributed by atoms with Gasteiger partial charge in [-0.1, -0.05) is 315 Å². The fourth-order valence-electron chi connectivity index (χ4n) is 15.6. The Morgan fingerprint density at radius 1 is 0.130 bits per heavy atom. The molecule has 462 valence electrons. The monoisotopic (exact) mass is 1270 g/mol. The Bertz CT molecular complexity index is 6340. The zero-order valence-corrected chi connectivity index (χ0v) is 54.1. The largest absolute Gasteiger partial charge is 0.228 e. The summed E-state index contributed by atoms with van der Waals surface area (Å²) in [6, 6.07) is 125. The molecule has 0 fully saturated rings. The molecule has 0 bridgehead atoms. The number of benzene rings is 16. The van der Waals surface area contributed by atoms with Crippen LogP contribution in [-0.4, -0.2) is 24.9 Å². The molecule has 0 unspecified atom stereocenters. The molecule has 2 heterocycles. The molecule has 0 N–H and O–H groups in total. The van der Waals surface area contributed by atoms with Gasteiger partial charge >= 0.3 is 0 Å². The second-order valence-corrected chi connectivity index (χ2v) is 26.2. The molecule has 0 atom stereocenters. The zero-order chi connectivity index (χ0) is 65.8. The van der Waals surface area contributed by atoms with Crippen LogP contribution in [0.1, 0.15) is 0 Å². The highest BCUT2D eigenvalue weighted by Gasteiger charge is 2.20. The summed E-state index contributed by atoms with van der Waals surface area (Å²) in [5.74, 6) is 2.41. The summed E-state index contributed by atoms with van der Waals surface area (Å²) in [5, 5.41) is 25.0. The van der Waals surface area contributed by atoms with E-state index >= 15 is 0 Å². The fraction of sp³-hybridized carbons (Fsp3) is 0. The molecular weight excluding hydrogens is 1210 g/mol. The lowest BCUT2D eigenvalue weighted by atomic mass is 9.89. The molecule has 5 heteroatoms. The lowest BCUT2D eigenvalue weighted by Gasteiger charge is -2.14. The fourth-order valence-corrected chi connectivity index (χ4v) is 15.6. The van der Waals surface area contributed by atoms with E-state index in [1.54, 1.807) is 0 Å². The van der Waals surface area contributed by atoms with Gasteiger partial charge in [0.1, 0.15) is 0 Å². The number of aromatic nitrogens is 5. The molecule has 0 amide bonds. The Balaban J connectivity index is 0.641. The van der Waals surface area contributed by atoms with E-state index < -0.39 is 0 Å². The van der Waals surface area contributed by atoms with Crippen molar-refractivity contribution in [2.45, 2.75) is 0 Å². The van der Waals surface area contributed by atoms with Crippen molar-refractivity contribution < 1.29 is 0 Å². The Hall–Kier alpha value is -13.4. The van der Waals surface area contributed by atoms with Gasteiger partial charge in [-0.3, -0.25) is 0 Å². The van der Waals surface area contributed by atoms with Crippen molar-refractivity contribution in [3.63, 3.8) is 0 Å². The molecule has 0 radical (unpaired) electrons. The van der Waals surface area contributed by atoms with Crippen LogP contribution in [0.5, 0.6) is 0 Å². The normalized spacial score (nSPS) is 11.8. The summed E-state index contributed by atoms with van der Waals surface area (Å²) in [6.07, 6.45) is 0. The van der Waals surface area contributed by atoms with E-state index in [0.717, 1.165) is 78.1 Å². The molecular formula is C95H57N5. The van der Waals surface area contributed by atoms with E-state index in [1.165, 1.54) is 108 Å². The van der Waals surface area contributed by atoms with Gasteiger partial charge in [-0.25, -0.2) is 24.9 Å². The van der Waals surface area contributed by atoms with Crippen molar-refractivity contribution in [3.05, 3.63) is 346 Å². The lowest BCUT2D eigenvalue weighted by molar-refractivity contribution is 1.07. The number of rotatable bonds is 9. The second kappa shape index (κ2) is 23.2. The molecule has 20 rings (SSSR count). The number of hydrogen-bond donors (Lipinski definition) is 0. The summed E-state index contributed by atoms with van der Waals surface area (Å²) >= 11 is 0. The third-order valence-corrected chi connectivity index (χ3v) is 20.4. The molecule has 0 spiro atoms. The predicted octanol–water partition coefficient (Wildman–Crippen LogP) is 25.2. The zero-order valence-electron chi connectivity index (χ0n) is 54.1. The van der Waals surface area contributed by atoms with Gasteiger partial charge in [-0.05, 0) is 171 Å². The molecule has 0 aliphatic heterocycles. The van der Waals surface area contributed by atoms with E-state index in [-0.39, 0.29) is 0 Å². The summed E-state index contributed by atoms with van der Waals surface area (Å²) in [6.45, 7) is 0. The molecule has 0 saturated carbocycles. The highest BCUT2D eigenvalue weighted by atomic mass is 15.0. The quantitative estimate of drug-likeness (QED) is 0.135. The van der Waals surface area contributed by atoms with Gasteiger partial charge in [0, 0.05) is 33.4 Å². The maximum atomic E-state index is 5.37. The van der Waals surface area contributed by atoms with Crippen LogP contribution >= 0.6 is 0 Å². The minimum atomic E-state index is 0.581. The van der Waals surface area contributed by atoms with Crippen molar-refractivity contribution in [1.82, 2.24) is 24.9 Å². The van der Waals surface area contributed by atoms with Crippen molar-refractivity contribution in [1.29, 1.82) is 0 Å². The van der Waals surface area contributed by atoms with E-state index in [9.17, 15) is 0 Å². The number of hydrogen-bond acceptors (Lipinski definition) is 5. The van der Waals surface area contributed by atoms with Gasteiger partial charge in [-0.15, -0.1) is 0 Å². The highest BCUT2D eigenvalue weighted by Crippen LogP contribution is 2.45. The van der Waals surface area contributed by atoms with Gasteiger partial charge in [0.15, 0.2) is 23.3 Å². The molecule has 2 aromatic heterocycles. The lowest BCUT2D eigenvalue weighted by Crippen LogP contribution is -2.00. The molecule has 5 nitrogen and oxygen atoms in total. The Labute approximate surface area is 576 Å². The third kappa shape index (κ3) is 9.58. The first kappa shape index (κ1) is 56.9. The second-order valence-electron chi connectivity index (χ2n) is 26.2. The molecule has 0 saturated heterocycles. The molecule has 18 aromatic carbocycles. The predicted molar refractivity (Wildman–Crippen MR) is 419 cm³/mol. The average molecular weight is 1270 g/mol. The van der Waals surface area contributed by atoms with Crippen molar-refractivity contribution in [2.75, 3.05) is 0 Å². The van der Waals surface area contributed by atoms with Gasteiger partial charge in [0.05, 0.1) is 11.4 Å². The van der Waals surface area contributed by atoms with E-state index in [1.807, 2.05) is 24.3 Å². The van der Waals surface area contributed by atoms with Crippen LogP contribution in [-0.2, 0) is 0 Å². The van der Waals surface area contributed by atoms with Gasteiger partial charge in [-0.2, -0.15) is 0 Å². The molecule has 0 aliphatic rings. The SMILES string of the molecule is c1ccc(-c2cc(-c3ccc(-c4ccc5c(c4)c4ccccc4c4cccc6ccc7cccc5c7c64)cc3)nc(-c3cccc(-c4cccc(-c5nc(-c6ccccc6)nc(-c6ccc(-c7ccc8c(c7)c7ccccc7c7cccc9ccc%10cccc8c%10c97)cc6)n5)c4)c3)n2)cc1. The van der Waals surface area contributed by atoms with Gasteiger partial charge in [0.2, 0.25) is 0 Å². The smallest absolute Gasteiger partial charge is 0.164 e. The summed E-state index contributed by atoms with van der Waals surface area (Å²) in [4.78, 5) is 26.3. The van der Waals surface area contributed by atoms with Gasteiger partial charge < -0.3 is 0 Å². The molecule has 0 aliphatic carbocycles. The van der Waals surface area contributed by atoms with Crippen LogP contribution < -0.4 is 0 Å². The summed E-state index contributed by atoms with van der Waals surface area (Å²) in [7, 11) is 0. The van der Waals surface area contributed by atoms with Crippen LogP contribution in [0, 0.1) is 0 Å². The van der Waals surface area contributed by atoms with Crippen LogP contribution in [0.2, 0.25) is 0 Å². The van der Waals surface area contributed by atoms with Crippen molar-refractivity contribution >= 4 is 108 Å². The van der Waals surface area contributed by atoms with Crippen LogP contribution in [0.15, 0.2) is 346 Å². The van der Waals surface area contributed by atoms with Crippen LogP contribution in [0.25, 0.3) is 209 Å². The maximum Gasteiger partial charge on any atom is 0.164 e. The van der Waals surface area contributed by atoms with Crippen LogP contribution in [0.4, 0.5) is 0 Å². The first-order chi connectivity index (χ1) is 49.5. The Kier molecular flexibility index (Phi) is 13.2. The molecule has 100 heavy (non-hydrogen) atoms. The maximum absolute atomic E-state index is 5.37. The number of fused-ring (bicyclic) bond motifs is 10. The van der Waals surface area contributed by atoms with E-state index in [4.69, 9.17) is 24.9 Å². The minimum absolute atomic E-state index is 0.581. The van der Waals surface area contributed by atoms with E-state index in [0.29, 0.717) is 23.3 Å². The Morgan fingerprint density at radius 3 is 0.810 bits per heavy atom. The first-order valence-corrected chi connectivity index (χ1v) is 34.1. The highest BCUT2D eigenvalue weighted by molar-refractivity contribution is 6.34.